The van der Waals surface area contributed by atoms with E-state index in [4.69, 9.17) is 5.26 Å². The molecule has 1 saturated heterocycles. The summed E-state index contributed by atoms with van der Waals surface area (Å²) in [6.07, 6.45) is 0.149. The molecule has 2 amide bonds. The van der Waals surface area contributed by atoms with Crippen LogP contribution in [-0.4, -0.2) is 58.0 Å². The molecule has 2 aliphatic rings. The summed E-state index contributed by atoms with van der Waals surface area (Å²) in [5, 5.41) is 11.9. The van der Waals surface area contributed by atoms with Crippen molar-refractivity contribution >= 4 is 17.5 Å². The molecule has 1 aromatic carbocycles. The van der Waals surface area contributed by atoms with Gasteiger partial charge in [-0.2, -0.15) is 18.4 Å². The Kier molecular flexibility index (Phi) is 5.54. The number of imidazole rings is 1. The van der Waals surface area contributed by atoms with Gasteiger partial charge >= 0.3 is 6.18 Å². The van der Waals surface area contributed by atoms with Crippen molar-refractivity contribution in [3.8, 4) is 6.07 Å². The second-order valence-electron chi connectivity index (χ2n) is 7.94. The average Bonchev–Trinajstić information content (AvgIpc) is 3.48. The molecule has 1 N–H and O–H groups in total. The number of nitrogens with zero attached hydrogens (tertiary/aromatic N) is 5. The van der Waals surface area contributed by atoms with Crippen molar-refractivity contribution in [2.75, 3.05) is 24.5 Å². The SMILES string of the molecule is Cn1ccnc1C(=O)N1CCN(c2ccc(C#N)c(C(F)(F)F)c2)CC1C(=O)NC1CC1. The van der Waals surface area contributed by atoms with Crippen LogP contribution in [0.4, 0.5) is 18.9 Å². The van der Waals surface area contributed by atoms with E-state index in [0.29, 0.717) is 0 Å². The van der Waals surface area contributed by atoms with Gasteiger partial charge in [0.1, 0.15) is 6.04 Å². The topological polar surface area (TPSA) is 94.3 Å². The molecule has 1 unspecified atom stereocenters. The molecule has 0 bridgehead atoms. The molecule has 0 spiro atoms. The highest BCUT2D eigenvalue weighted by molar-refractivity contribution is 5.96. The van der Waals surface area contributed by atoms with Crippen LogP contribution >= 0.6 is 0 Å². The minimum Gasteiger partial charge on any atom is -0.367 e. The molecule has 11 heteroatoms. The number of carbonyl (C=O) groups excluding carboxylic acids is 2. The number of rotatable bonds is 4. The molecular formula is C21H21F3N6O2. The van der Waals surface area contributed by atoms with Crippen molar-refractivity contribution in [1.29, 1.82) is 5.26 Å². The maximum atomic E-state index is 13.4. The van der Waals surface area contributed by atoms with Gasteiger partial charge in [0, 0.05) is 50.8 Å². The van der Waals surface area contributed by atoms with E-state index in [0.717, 1.165) is 25.0 Å². The van der Waals surface area contributed by atoms with Gasteiger partial charge in [-0.15, -0.1) is 0 Å². The number of hydrogen-bond acceptors (Lipinski definition) is 5. The van der Waals surface area contributed by atoms with Gasteiger partial charge in [-0.05, 0) is 31.0 Å². The second kappa shape index (κ2) is 8.18. The van der Waals surface area contributed by atoms with Crippen molar-refractivity contribution in [1.82, 2.24) is 19.8 Å². The van der Waals surface area contributed by atoms with E-state index >= 15 is 0 Å². The predicted molar refractivity (Wildman–Crippen MR) is 108 cm³/mol. The zero-order valence-electron chi connectivity index (χ0n) is 17.3. The van der Waals surface area contributed by atoms with E-state index in [1.807, 2.05) is 0 Å². The molecule has 32 heavy (non-hydrogen) atoms. The van der Waals surface area contributed by atoms with Gasteiger partial charge in [0.15, 0.2) is 5.82 Å². The first-order valence-electron chi connectivity index (χ1n) is 10.1. The van der Waals surface area contributed by atoms with Crippen molar-refractivity contribution < 1.29 is 22.8 Å². The number of amides is 2. The summed E-state index contributed by atoms with van der Waals surface area (Å²) in [7, 11) is 1.67. The molecule has 2 aromatic rings. The maximum Gasteiger partial charge on any atom is 0.417 e. The molecule has 1 aromatic heterocycles. The number of hydrogen-bond donors (Lipinski definition) is 1. The van der Waals surface area contributed by atoms with E-state index < -0.39 is 29.3 Å². The Bertz CT molecular complexity index is 1090. The Balaban J connectivity index is 1.62. The van der Waals surface area contributed by atoms with Crippen LogP contribution in [0, 0.1) is 11.3 Å². The Hall–Kier alpha value is -3.55. The summed E-state index contributed by atoms with van der Waals surface area (Å²) in [5.41, 5.74) is -1.25. The average molecular weight is 446 g/mol. The lowest BCUT2D eigenvalue weighted by molar-refractivity contribution is -0.137. The van der Waals surface area contributed by atoms with Gasteiger partial charge in [0.2, 0.25) is 5.91 Å². The van der Waals surface area contributed by atoms with Gasteiger partial charge < -0.3 is 19.7 Å². The highest BCUT2D eigenvalue weighted by Gasteiger charge is 2.40. The molecule has 168 valence electrons. The summed E-state index contributed by atoms with van der Waals surface area (Å²) >= 11 is 0. The molecule has 1 aliphatic heterocycles. The zero-order chi connectivity index (χ0) is 23.0. The summed E-state index contributed by atoms with van der Waals surface area (Å²) in [5.74, 6) is -0.575. The minimum absolute atomic E-state index is 0.0257. The fourth-order valence-corrected chi connectivity index (χ4v) is 3.77. The quantitative estimate of drug-likeness (QED) is 0.775. The monoisotopic (exact) mass is 446 g/mol. The molecule has 1 aliphatic carbocycles. The number of benzene rings is 1. The van der Waals surface area contributed by atoms with Crippen LogP contribution in [-0.2, 0) is 18.0 Å². The summed E-state index contributed by atoms with van der Waals surface area (Å²) < 4.78 is 41.8. The smallest absolute Gasteiger partial charge is 0.367 e. The lowest BCUT2D eigenvalue weighted by atomic mass is 10.0. The van der Waals surface area contributed by atoms with Crippen molar-refractivity contribution in [3.63, 3.8) is 0 Å². The fraction of sp³-hybridized carbons (Fsp3) is 0.429. The van der Waals surface area contributed by atoms with Crippen LogP contribution in [0.3, 0.4) is 0 Å². The van der Waals surface area contributed by atoms with Crippen molar-refractivity contribution in [2.24, 2.45) is 7.05 Å². The largest absolute Gasteiger partial charge is 0.417 e. The van der Waals surface area contributed by atoms with E-state index in [1.54, 1.807) is 28.8 Å². The lowest BCUT2D eigenvalue weighted by Gasteiger charge is -2.41. The van der Waals surface area contributed by atoms with Crippen LogP contribution < -0.4 is 10.2 Å². The van der Waals surface area contributed by atoms with Crippen LogP contribution in [0.1, 0.15) is 34.6 Å². The van der Waals surface area contributed by atoms with E-state index in [1.165, 1.54) is 17.2 Å². The molecule has 2 heterocycles. The zero-order valence-corrected chi connectivity index (χ0v) is 17.3. The molecule has 1 saturated carbocycles. The summed E-state index contributed by atoms with van der Waals surface area (Å²) in [6, 6.07) is 4.22. The van der Waals surface area contributed by atoms with Crippen molar-refractivity contribution in [2.45, 2.75) is 31.1 Å². The number of piperazine rings is 1. The third-order valence-electron chi connectivity index (χ3n) is 5.67. The van der Waals surface area contributed by atoms with E-state index in [9.17, 15) is 22.8 Å². The Labute approximate surface area is 182 Å². The highest BCUT2D eigenvalue weighted by Crippen LogP contribution is 2.35. The number of carbonyl (C=O) groups is 2. The Morgan fingerprint density at radius 1 is 1.25 bits per heavy atom. The third-order valence-corrected chi connectivity index (χ3v) is 5.67. The maximum absolute atomic E-state index is 13.4. The van der Waals surface area contributed by atoms with E-state index in [2.05, 4.69) is 10.3 Å². The molecule has 8 nitrogen and oxygen atoms in total. The number of alkyl halides is 3. The van der Waals surface area contributed by atoms with Gasteiger partial charge in [-0.25, -0.2) is 4.98 Å². The highest BCUT2D eigenvalue weighted by atomic mass is 19.4. The predicted octanol–water partition coefficient (Wildman–Crippen LogP) is 1.92. The molecular weight excluding hydrogens is 425 g/mol. The first-order chi connectivity index (χ1) is 15.2. The minimum atomic E-state index is -4.68. The summed E-state index contributed by atoms with van der Waals surface area (Å²) in [6.45, 7) is 0.389. The number of anilines is 1. The first-order valence-corrected chi connectivity index (χ1v) is 10.1. The summed E-state index contributed by atoms with van der Waals surface area (Å²) in [4.78, 5) is 33.1. The third kappa shape index (κ3) is 4.26. The van der Waals surface area contributed by atoms with Crippen LogP contribution in [0.25, 0.3) is 0 Å². The van der Waals surface area contributed by atoms with Crippen LogP contribution in [0.5, 0.6) is 0 Å². The van der Waals surface area contributed by atoms with Crippen LogP contribution in [0.15, 0.2) is 30.6 Å². The van der Waals surface area contributed by atoms with Gasteiger partial charge in [0.25, 0.3) is 5.91 Å². The Morgan fingerprint density at radius 3 is 2.59 bits per heavy atom. The van der Waals surface area contributed by atoms with Crippen molar-refractivity contribution in [3.05, 3.63) is 47.5 Å². The Morgan fingerprint density at radius 2 is 2.00 bits per heavy atom. The molecule has 1 atom stereocenters. The van der Waals surface area contributed by atoms with Crippen LogP contribution in [0.2, 0.25) is 0 Å². The number of nitrogens with one attached hydrogen (secondary N) is 1. The lowest BCUT2D eigenvalue weighted by Crippen LogP contribution is -2.61. The van der Waals surface area contributed by atoms with Gasteiger partial charge in [0.05, 0.1) is 17.2 Å². The number of halogens is 3. The normalized spacial score (nSPS) is 18.9. The number of aromatic nitrogens is 2. The number of aryl methyl sites for hydroxylation is 1. The molecule has 2 fully saturated rings. The fourth-order valence-electron chi connectivity index (χ4n) is 3.77. The van der Waals surface area contributed by atoms with E-state index in [-0.39, 0.29) is 43.1 Å². The van der Waals surface area contributed by atoms with Gasteiger partial charge in [-0.3, -0.25) is 9.59 Å². The number of nitriles is 1. The first kappa shape index (κ1) is 21.7. The molecule has 0 radical (unpaired) electrons. The van der Waals surface area contributed by atoms with Gasteiger partial charge in [-0.1, -0.05) is 0 Å². The molecule has 4 rings (SSSR count). The standard InChI is InChI=1S/C21H21F3N6O2/c1-28-7-6-26-18(28)20(32)30-9-8-29(12-17(30)19(31)27-14-3-4-14)15-5-2-13(11-25)16(10-15)21(22,23)24/h2,5-7,10,14,17H,3-4,8-9,12H2,1H3,(H,27,31). The second-order valence-corrected chi connectivity index (χ2v) is 7.94.